The van der Waals surface area contributed by atoms with E-state index in [0.717, 1.165) is 11.1 Å². The molecule has 1 amide bonds. The first-order valence-corrected chi connectivity index (χ1v) is 16.4. The van der Waals surface area contributed by atoms with Gasteiger partial charge in [-0.3, -0.25) is 0 Å². The third kappa shape index (κ3) is 9.84. The summed E-state index contributed by atoms with van der Waals surface area (Å²) in [5.74, 6) is -3.88. The molecule has 0 unspecified atom stereocenters. The lowest BCUT2D eigenvalue weighted by atomic mass is 9.91. The van der Waals surface area contributed by atoms with Gasteiger partial charge in [0.05, 0.1) is 31.2 Å². The second-order valence-electron chi connectivity index (χ2n) is 13.2. The number of rotatable bonds is 13. The average molecular weight is 745 g/mol. The van der Waals surface area contributed by atoms with Crippen molar-refractivity contribution in [3.63, 3.8) is 0 Å². The summed E-state index contributed by atoms with van der Waals surface area (Å²) in [6, 6.07) is 15.1. The molecule has 0 radical (unpaired) electrons. The van der Waals surface area contributed by atoms with E-state index in [9.17, 15) is 27.9 Å². The van der Waals surface area contributed by atoms with Crippen LogP contribution in [-0.4, -0.2) is 48.5 Å². The number of nitrogens with zero attached hydrogens (tertiary/aromatic N) is 2. The van der Waals surface area contributed by atoms with Crippen molar-refractivity contribution in [2.24, 2.45) is 0 Å². The van der Waals surface area contributed by atoms with Crippen LogP contribution in [0.3, 0.4) is 0 Å². The fourth-order valence-electron chi connectivity index (χ4n) is 5.69. The van der Waals surface area contributed by atoms with Gasteiger partial charge in [0.25, 0.3) is 0 Å². The van der Waals surface area contributed by atoms with E-state index in [2.05, 4.69) is 10.3 Å². The van der Waals surface area contributed by atoms with E-state index in [1.54, 1.807) is 74.2 Å². The average Bonchev–Trinajstić information content (AvgIpc) is 3.07. The number of alkyl halides is 3. The summed E-state index contributed by atoms with van der Waals surface area (Å²) in [7, 11) is 3.01. The highest BCUT2D eigenvalue weighted by Crippen LogP contribution is 2.44. The molecule has 4 N–H and O–H groups in total. The topological polar surface area (TPSA) is 136 Å². The zero-order chi connectivity index (χ0) is 39.2. The molecule has 0 aliphatic rings. The molecule has 0 bridgehead atoms. The molecule has 0 spiro atoms. The first kappa shape index (κ1) is 40.2. The lowest BCUT2D eigenvalue weighted by Crippen LogP contribution is -2.33. The van der Waals surface area contributed by atoms with E-state index in [1.165, 1.54) is 27.2 Å². The van der Waals surface area contributed by atoms with Gasteiger partial charge in [-0.05, 0) is 87.6 Å². The maximum absolute atomic E-state index is 16.4. The Morgan fingerprint density at radius 3 is 1.89 bits per heavy atom. The number of aromatic nitrogens is 1. The molecule has 10 nitrogen and oxygen atoms in total. The van der Waals surface area contributed by atoms with Gasteiger partial charge in [-0.15, -0.1) is 0 Å². The second kappa shape index (κ2) is 16.4. The zero-order valence-corrected chi connectivity index (χ0v) is 30.1. The number of methoxy groups -OCH3 is 2. The number of anilines is 2. The summed E-state index contributed by atoms with van der Waals surface area (Å²) >= 11 is 0. The maximum Gasteiger partial charge on any atom is 0.418 e. The number of nitrogens with one attached hydrogen (secondary N) is 1. The molecule has 3 aromatic carbocycles. The predicted molar refractivity (Wildman–Crippen MR) is 189 cm³/mol. The van der Waals surface area contributed by atoms with Crippen LogP contribution in [0.15, 0.2) is 54.6 Å². The Kier molecular flexibility index (Phi) is 12.4. The van der Waals surface area contributed by atoms with Crippen LogP contribution in [0, 0.1) is 18.6 Å². The number of halogens is 5. The number of carbonyl (C=O) groups is 2. The van der Waals surface area contributed by atoms with Crippen molar-refractivity contribution in [3.05, 3.63) is 99.6 Å². The molecule has 0 aliphatic heterocycles. The summed E-state index contributed by atoms with van der Waals surface area (Å²) in [4.78, 5) is 30.2. The van der Waals surface area contributed by atoms with Gasteiger partial charge in [0.2, 0.25) is 0 Å². The van der Waals surface area contributed by atoms with E-state index >= 15 is 8.78 Å². The number of ether oxygens (including phenoxy) is 3. The van der Waals surface area contributed by atoms with Gasteiger partial charge < -0.3 is 35.3 Å². The van der Waals surface area contributed by atoms with Gasteiger partial charge in [0, 0.05) is 30.8 Å². The monoisotopic (exact) mass is 744 g/mol. The molecule has 284 valence electrons. The quantitative estimate of drug-likeness (QED) is 0.0702. The second-order valence-corrected chi connectivity index (χ2v) is 13.2. The Bertz CT molecular complexity index is 1900. The van der Waals surface area contributed by atoms with Crippen molar-refractivity contribution >= 4 is 23.6 Å². The number of alkyl carbamates (subject to hydrolysis) is 1. The molecule has 0 aliphatic carbocycles. The van der Waals surface area contributed by atoms with E-state index in [0.29, 0.717) is 11.5 Å². The molecular formula is C38H41F5N4O6. The number of aromatic carboxylic acids is 1. The third-order valence-electron chi connectivity index (χ3n) is 8.11. The number of hydrogen-bond donors (Lipinski definition) is 3. The van der Waals surface area contributed by atoms with Crippen LogP contribution in [0.2, 0.25) is 0 Å². The van der Waals surface area contributed by atoms with Gasteiger partial charge in [0.1, 0.15) is 34.3 Å². The standard InChI is InChI=1S/C38H41F5N4O6/c1-21-18-27(47(19-22-9-13-24(51-5)14-10-22)20-23-11-15-25(52-6)16-12-23)46-34(30(21)38(41,42)43)28-26(8-7-17-45-36(50)53-37(2,3)4)31(39)29(35(48)49)33(44)32(28)40/h9-16,18H,7-8,17,19-20,44H2,1-6H3,(H,45,50)(H,48,49). The van der Waals surface area contributed by atoms with E-state index in [1.807, 2.05) is 0 Å². The summed E-state index contributed by atoms with van der Waals surface area (Å²) in [6.07, 6.45) is -6.57. The van der Waals surface area contributed by atoms with Crippen molar-refractivity contribution in [2.45, 2.75) is 65.4 Å². The van der Waals surface area contributed by atoms with Crippen LogP contribution in [0.1, 0.15) is 65.4 Å². The molecular weight excluding hydrogens is 703 g/mol. The maximum atomic E-state index is 16.4. The van der Waals surface area contributed by atoms with Crippen molar-refractivity contribution in [1.82, 2.24) is 10.3 Å². The van der Waals surface area contributed by atoms with Crippen molar-refractivity contribution < 1.29 is 50.9 Å². The number of nitrogens with two attached hydrogens (primary N) is 1. The van der Waals surface area contributed by atoms with E-state index < -0.39 is 75.5 Å². The van der Waals surface area contributed by atoms with E-state index in [4.69, 9.17) is 19.9 Å². The Labute approximate surface area is 303 Å². The molecule has 4 rings (SSSR count). The molecule has 1 aromatic heterocycles. The molecule has 0 atom stereocenters. The van der Waals surface area contributed by atoms with Gasteiger partial charge in [-0.25, -0.2) is 23.4 Å². The highest BCUT2D eigenvalue weighted by atomic mass is 19.4. The van der Waals surface area contributed by atoms with Gasteiger partial charge in [-0.2, -0.15) is 13.2 Å². The number of nitrogen functional groups attached to an aromatic ring is 1. The number of benzene rings is 3. The number of amides is 1. The fraction of sp³-hybridized carbons (Fsp3) is 0.342. The largest absolute Gasteiger partial charge is 0.497 e. The zero-order valence-electron chi connectivity index (χ0n) is 30.1. The summed E-state index contributed by atoms with van der Waals surface area (Å²) in [5.41, 5.74) is -0.348. The first-order valence-electron chi connectivity index (χ1n) is 16.4. The van der Waals surface area contributed by atoms with Gasteiger partial charge in [-0.1, -0.05) is 24.3 Å². The molecule has 15 heteroatoms. The Morgan fingerprint density at radius 2 is 1.43 bits per heavy atom. The van der Waals surface area contributed by atoms with Crippen molar-refractivity contribution in [2.75, 3.05) is 31.4 Å². The van der Waals surface area contributed by atoms with Crippen molar-refractivity contribution in [1.29, 1.82) is 0 Å². The van der Waals surface area contributed by atoms with Crippen LogP contribution in [-0.2, 0) is 30.4 Å². The predicted octanol–water partition coefficient (Wildman–Crippen LogP) is 8.32. The number of aryl methyl sites for hydroxylation is 1. The Balaban J connectivity index is 1.92. The molecule has 0 saturated heterocycles. The van der Waals surface area contributed by atoms with Gasteiger partial charge >= 0.3 is 18.2 Å². The van der Waals surface area contributed by atoms with Crippen LogP contribution in [0.25, 0.3) is 11.3 Å². The summed E-state index contributed by atoms with van der Waals surface area (Å²) in [6.45, 7) is 6.14. The minimum atomic E-state index is -5.11. The normalized spacial score (nSPS) is 11.6. The van der Waals surface area contributed by atoms with Crippen LogP contribution < -0.4 is 25.4 Å². The smallest absolute Gasteiger partial charge is 0.418 e. The number of carbonyl (C=O) groups excluding carboxylic acids is 1. The van der Waals surface area contributed by atoms with Gasteiger partial charge in [0.15, 0.2) is 5.82 Å². The molecule has 0 fully saturated rings. The minimum absolute atomic E-state index is 0.0182. The third-order valence-corrected chi connectivity index (χ3v) is 8.11. The molecule has 53 heavy (non-hydrogen) atoms. The SMILES string of the molecule is COc1ccc(CN(Cc2ccc(OC)cc2)c2cc(C)c(C(F)(F)F)c(-c3c(F)c(N)c(C(=O)O)c(F)c3CCCNC(=O)OC(C)(C)C)n2)cc1. The van der Waals surface area contributed by atoms with Crippen molar-refractivity contribution in [3.8, 4) is 22.8 Å². The molecule has 4 aromatic rings. The van der Waals surface area contributed by atoms with Crippen LogP contribution in [0.5, 0.6) is 11.5 Å². The highest BCUT2D eigenvalue weighted by Gasteiger charge is 2.40. The molecule has 1 heterocycles. The van der Waals surface area contributed by atoms with Crippen LogP contribution in [0.4, 0.5) is 38.3 Å². The number of carboxylic acid groups (broad SMARTS) is 1. The van der Waals surface area contributed by atoms with E-state index in [-0.39, 0.29) is 37.4 Å². The Morgan fingerprint density at radius 1 is 0.906 bits per heavy atom. The number of pyridine rings is 1. The lowest BCUT2D eigenvalue weighted by molar-refractivity contribution is -0.137. The van der Waals surface area contributed by atoms with Crippen LogP contribution >= 0.6 is 0 Å². The number of carboxylic acids is 1. The number of hydrogen-bond acceptors (Lipinski definition) is 8. The Hall–Kier alpha value is -5.60. The summed E-state index contributed by atoms with van der Waals surface area (Å²) in [5, 5.41) is 12.2. The first-order chi connectivity index (χ1) is 24.8. The summed E-state index contributed by atoms with van der Waals surface area (Å²) < 4.78 is 92.8. The molecule has 0 saturated carbocycles. The highest BCUT2D eigenvalue weighted by molar-refractivity contribution is 5.96. The lowest BCUT2D eigenvalue weighted by Gasteiger charge is -2.27. The minimum Gasteiger partial charge on any atom is -0.497 e. The fourth-order valence-corrected chi connectivity index (χ4v) is 5.69.